The van der Waals surface area contributed by atoms with Crippen LogP contribution in [0.15, 0.2) is 23.1 Å². The van der Waals surface area contributed by atoms with Crippen molar-refractivity contribution in [3.8, 4) is 0 Å². The van der Waals surface area contributed by atoms with Gasteiger partial charge in [0.2, 0.25) is 10.0 Å². The van der Waals surface area contributed by atoms with Gasteiger partial charge in [0.15, 0.2) is 0 Å². The molecule has 0 aliphatic heterocycles. The van der Waals surface area contributed by atoms with Crippen LogP contribution < -0.4 is 21.5 Å². The van der Waals surface area contributed by atoms with Crippen LogP contribution in [-0.4, -0.2) is 32.5 Å². The largest absolute Gasteiger partial charge is 0.389 e. The van der Waals surface area contributed by atoms with Crippen LogP contribution in [0, 0.1) is 6.92 Å². The maximum absolute atomic E-state index is 12.0. The first kappa shape index (κ1) is 16.3. The standard InChI is InChI=1S/C11H16N4O3S2/c1-7-6-8(2-3-9(7)10(12)19)20(17,18)15-5-4-14-11(13)16/h2-3,6,15H,4-5H2,1H3,(H2,12,19)(H3,13,14,16). The fourth-order valence-electron chi connectivity index (χ4n) is 1.53. The van der Waals surface area contributed by atoms with Gasteiger partial charge in [0.25, 0.3) is 0 Å². The number of carbonyl (C=O) groups is 1. The molecule has 1 aromatic carbocycles. The summed E-state index contributed by atoms with van der Waals surface area (Å²) in [6, 6.07) is 3.76. The molecule has 0 bridgehead atoms. The van der Waals surface area contributed by atoms with E-state index in [0.29, 0.717) is 11.1 Å². The van der Waals surface area contributed by atoms with Crippen LogP contribution in [0.3, 0.4) is 0 Å². The van der Waals surface area contributed by atoms with Gasteiger partial charge in [-0.1, -0.05) is 18.3 Å². The minimum Gasteiger partial charge on any atom is -0.389 e. The lowest BCUT2D eigenvalue weighted by Gasteiger charge is -2.09. The highest BCUT2D eigenvalue weighted by atomic mass is 32.2. The van der Waals surface area contributed by atoms with Gasteiger partial charge in [-0.15, -0.1) is 0 Å². The number of carbonyl (C=O) groups excluding carboxylic acids is 1. The Hall–Kier alpha value is -1.71. The monoisotopic (exact) mass is 316 g/mol. The van der Waals surface area contributed by atoms with Gasteiger partial charge in [-0.2, -0.15) is 0 Å². The average Bonchev–Trinajstić information content (AvgIpc) is 2.34. The van der Waals surface area contributed by atoms with Gasteiger partial charge in [0.05, 0.1) is 4.90 Å². The van der Waals surface area contributed by atoms with Gasteiger partial charge in [0, 0.05) is 18.7 Å². The lowest BCUT2D eigenvalue weighted by molar-refractivity contribution is 0.249. The smallest absolute Gasteiger partial charge is 0.312 e. The summed E-state index contributed by atoms with van der Waals surface area (Å²) < 4.78 is 26.3. The van der Waals surface area contributed by atoms with Crippen LogP contribution in [0.25, 0.3) is 0 Å². The number of rotatable bonds is 6. The number of thiocarbonyl (C=S) groups is 1. The molecule has 0 radical (unpaired) electrons. The number of urea groups is 1. The first-order valence-corrected chi connectivity index (χ1v) is 7.56. The third-order valence-electron chi connectivity index (χ3n) is 2.49. The van der Waals surface area contributed by atoms with Gasteiger partial charge >= 0.3 is 6.03 Å². The Morgan fingerprint density at radius 1 is 1.30 bits per heavy atom. The van der Waals surface area contributed by atoms with Crippen molar-refractivity contribution in [3.05, 3.63) is 29.3 Å². The predicted octanol–water partition coefficient (Wildman–Crippen LogP) is -0.424. The minimum atomic E-state index is -3.65. The van der Waals surface area contributed by atoms with Gasteiger partial charge in [-0.25, -0.2) is 17.9 Å². The summed E-state index contributed by atoms with van der Waals surface area (Å²) in [7, 11) is -3.65. The van der Waals surface area contributed by atoms with Crippen LogP contribution in [-0.2, 0) is 10.0 Å². The van der Waals surface area contributed by atoms with E-state index in [1.807, 2.05) is 0 Å². The van der Waals surface area contributed by atoms with E-state index in [0.717, 1.165) is 0 Å². The SMILES string of the molecule is Cc1cc(S(=O)(=O)NCCNC(N)=O)ccc1C(N)=S. The minimum absolute atomic E-state index is 0.0430. The molecule has 9 heteroatoms. The zero-order valence-electron chi connectivity index (χ0n) is 10.8. The third kappa shape index (κ3) is 4.44. The molecule has 0 atom stereocenters. The normalized spacial score (nSPS) is 11.1. The van der Waals surface area contributed by atoms with Crippen molar-refractivity contribution in [1.29, 1.82) is 0 Å². The highest BCUT2D eigenvalue weighted by molar-refractivity contribution is 7.89. The highest BCUT2D eigenvalue weighted by Crippen LogP contribution is 2.15. The molecule has 0 fully saturated rings. The van der Waals surface area contributed by atoms with Crippen LogP contribution >= 0.6 is 12.2 Å². The van der Waals surface area contributed by atoms with Crippen molar-refractivity contribution >= 4 is 33.3 Å². The molecule has 20 heavy (non-hydrogen) atoms. The Morgan fingerprint density at radius 3 is 2.45 bits per heavy atom. The number of hydrogen-bond donors (Lipinski definition) is 4. The lowest BCUT2D eigenvalue weighted by atomic mass is 10.1. The Morgan fingerprint density at radius 2 is 1.95 bits per heavy atom. The fourth-order valence-corrected chi connectivity index (χ4v) is 2.88. The second kappa shape index (κ2) is 6.64. The lowest BCUT2D eigenvalue weighted by Crippen LogP contribution is -2.37. The topological polar surface area (TPSA) is 127 Å². The first-order valence-electron chi connectivity index (χ1n) is 5.67. The number of sulfonamides is 1. The molecule has 0 heterocycles. The van der Waals surface area contributed by atoms with E-state index in [-0.39, 0.29) is 23.0 Å². The maximum Gasteiger partial charge on any atom is 0.312 e. The molecule has 7 nitrogen and oxygen atoms in total. The number of amides is 2. The number of primary amides is 1. The van der Waals surface area contributed by atoms with Crippen molar-refractivity contribution in [2.45, 2.75) is 11.8 Å². The third-order valence-corrected chi connectivity index (χ3v) is 4.17. The highest BCUT2D eigenvalue weighted by Gasteiger charge is 2.15. The van der Waals surface area contributed by atoms with Crippen molar-refractivity contribution in [1.82, 2.24) is 10.0 Å². The van der Waals surface area contributed by atoms with Crippen LogP contribution in [0.5, 0.6) is 0 Å². The van der Waals surface area contributed by atoms with Crippen LogP contribution in [0.1, 0.15) is 11.1 Å². The van der Waals surface area contributed by atoms with E-state index in [9.17, 15) is 13.2 Å². The van der Waals surface area contributed by atoms with Gasteiger partial charge in [0.1, 0.15) is 4.99 Å². The summed E-state index contributed by atoms with van der Waals surface area (Å²) in [6.45, 7) is 1.88. The van der Waals surface area contributed by atoms with Gasteiger partial charge < -0.3 is 16.8 Å². The average molecular weight is 316 g/mol. The second-order valence-electron chi connectivity index (χ2n) is 4.03. The van der Waals surface area contributed by atoms with Crippen molar-refractivity contribution in [2.24, 2.45) is 11.5 Å². The summed E-state index contributed by atoms with van der Waals surface area (Å²) in [4.78, 5) is 10.8. The van der Waals surface area contributed by atoms with Crippen molar-refractivity contribution in [2.75, 3.05) is 13.1 Å². The fraction of sp³-hybridized carbons (Fsp3) is 0.273. The molecule has 0 aliphatic carbocycles. The number of benzene rings is 1. The molecule has 1 aromatic rings. The molecule has 0 aromatic heterocycles. The summed E-state index contributed by atoms with van der Waals surface area (Å²) >= 11 is 4.86. The van der Waals surface area contributed by atoms with Crippen molar-refractivity contribution < 1.29 is 13.2 Å². The number of nitrogens with two attached hydrogens (primary N) is 2. The number of aryl methyl sites for hydroxylation is 1. The summed E-state index contributed by atoms with van der Waals surface area (Å²) in [5, 5.41) is 2.28. The van der Waals surface area contributed by atoms with E-state index < -0.39 is 16.1 Å². The zero-order chi connectivity index (χ0) is 15.3. The van der Waals surface area contributed by atoms with E-state index in [1.165, 1.54) is 12.1 Å². The molecule has 0 unspecified atom stereocenters. The van der Waals surface area contributed by atoms with Gasteiger partial charge in [-0.05, 0) is 24.6 Å². The van der Waals surface area contributed by atoms with Crippen molar-refractivity contribution in [3.63, 3.8) is 0 Å². The molecule has 0 aliphatic rings. The molecular weight excluding hydrogens is 300 g/mol. The van der Waals surface area contributed by atoms with E-state index >= 15 is 0 Å². The van der Waals surface area contributed by atoms with E-state index in [2.05, 4.69) is 10.0 Å². The van der Waals surface area contributed by atoms with E-state index in [4.69, 9.17) is 23.7 Å². The maximum atomic E-state index is 12.0. The first-order chi connectivity index (χ1) is 9.24. The molecule has 0 saturated carbocycles. The molecular formula is C11H16N4O3S2. The molecule has 110 valence electrons. The molecule has 0 spiro atoms. The Labute approximate surface area is 122 Å². The summed E-state index contributed by atoms with van der Waals surface area (Å²) in [5.41, 5.74) is 11.7. The summed E-state index contributed by atoms with van der Waals surface area (Å²) in [5.74, 6) is 0. The molecule has 6 N–H and O–H groups in total. The van der Waals surface area contributed by atoms with Gasteiger partial charge in [-0.3, -0.25) is 0 Å². The Balaban J connectivity index is 2.80. The Kier molecular flexibility index (Phi) is 5.43. The predicted molar refractivity (Wildman–Crippen MR) is 79.8 cm³/mol. The van der Waals surface area contributed by atoms with E-state index in [1.54, 1.807) is 13.0 Å². The molecule has 0 saturated heterocycles. The molecule has 1 rings (SSSR count). The second-order valence-corrected chi connectivity index (χ2v) is 6.24. The van der Waals surface area contributed by atoms with Crippen LogP contribution in [0.2, 0.25) is 0 Å². The zero-order valence-corrected chi connectivity index (χ0v) is 12.5. The number of nitrogens with one attached hydrogen (secondary N) is 2. The molecule has 2 amide bonds. The Bertz CT molecular complexity index is 629. The quantitative estimate of drug-likeness (QED) is 0.418. The summed E-state index contributed by atoms with van der Waals surface area (Å²) in [6.07, 6.45) is 0. The number of hydrogen-bond acceptors (Lipinski definition) is 4. The van der Waals surface area contributed by atoms with Crippen LogP contribution in [0.4, 0.5) is 4.79 Å².